The molecule has 3 nitrogen and oxygen atoms in total. The van der Waals surface area contributed by atoms with Crippen molar-refractivity contribution in [2.45, 2.75) is 52.0 Å². The lowest BCUT2D eigenvalue weighted by Gasteiger charge is -2.24. The Morgan fingerprint density at radius 3 is 2.38 bits per heavy atom. The molecule has 0 rings (SSSR count). The standard InChI is InChI=1S/C10H21NO2/c1-4-6-7-8-9(5-2)11(3)10(12)13/h9H,4-8H2,1-3H3,(H,12,13). The molecule has 0 fully saturated rings. The van der Waals surface area contributed by atoms with Crippen molar-refractivity contribution in [3.63, 3.8) is 0 Å². The maximum Gasteiger partial charge on any atom is 0.407 e. The van der Waals surface area contributed by atoms with Gasteiger partial charge in [-0.25, -0.2) is 4.79 Å². The van der Waals surface area contributed by atoms with E-state index in [4.69, 9.17) is 5.11 Å². The number of amides is 1. The molecule has 1 unspecified atom stereocenters. The number of nitrogens with zero attached hydrogens (tertiary/aromatic N) is 1. The number of rotatable bonds is 6. The molecule has 0 saturated heterocycles. The van der Waals surface area contributed by atoms with Crippen molar-refractivity contribution < 1.29 is 9.90 Å². The maximum absolute atomic E-state index is 10.7. The van der Waals surface area contributed by atoms with Crippen LogP contribution in [0.5, 0.6) is 0 Å². The number of hydrogen-bond acceptors (Lipinski definition) is 1. The molecule has 0 aliphatic carbocycles. The van der Waals surface area contributed by atoms with Gasteiger partial charge in [0.15, 0.2) is 0 Å². The predicted octanol–water partition coefficient (Wildman–Crippen LogP) is 2.96. The highest BCUT2D eigenvalue weighted by atomic mass is 16.4. The van der Waals surface area contributed by atoms with E-state index in [0.29, 0.717) is 0 Å². The minimum atomic E-state index is -0.816. The van der Waals surface area contributed by atoms with Crippen molar-refractivity contribution in [1.82, 2.24) is 4.90 Å². The second-order valence-electron chi connectivity index (χ2n) is 3.45. The van der Waals surface area contributed by atoms with E-state index in [1.807, 2.05) is 6.92 Å². The highest BCUT2D eigenvalue weighted by molar-refractivity contribution is 5.64. The SMILES string of the molecule is CCCCCC(CC)N(C)C(=O)O. The van der Waals surface area contributed by atoms with E-state index in [9.17, 15) is 4.79 Å². The second kappa shape index (κ2) is 6.75. The van der Waals surface area contributed by atoms with Crippen LogP contribution in [0.2, 0.25) is 0 Å². The van der Waals surface area contributed by atoms with Gasteiger partial charge in [-0.1, -0.05) is 33.1 Å². The summed E-state index contributed by atoms with van der Waals surface area (Å²) in [6.07, 6.45) is 4.60. The average molecular weight is 187 g/mol. The Balaban J connectivity index is 3.80. The van der Waals surface area contributed by atoms with E-state index in [2.05, 4.69) is 6.92 Å². The quantitative estimate of drug-likeness (QED) is 0.649. The van der Waals surface area contributed by atoms with Gasteiger partial charge in [-0.05, 0) is 12.8 Å². The summed E-state index contributed by atoms with van der Waals surface area (Å²) in [6, 6.07) is 0.198. The van der Waals surface area contributed by atoms with E-state index < -0.39 is 6.09 Å². The molecule has 0 aliphatic heterocycles. The van der Waals surface area contributed by atoms with Crippen molar-refractivity contribution in [1.29, 1.82) is 0 Å². The van der Waals surface area contributed by atoms with E-state index in [1.165, 1.54) is 17.7 Å². The molecule has 0 bridgehead atoms. The molecule has 0 heterocycles. The molecule has 0 aromatic carbocycles. The van der Waals surface area contributed by atoms with Crippen LogP contribution in [0.1, 0.15) is 46.0 Å². The first-order valence-electron chi connectivity index (χ1n) is 5.09. The fourth-order valence-corrected chi connectivity index (χ4v) is 1.46. The fraction of sp³-hybridized carbons (Fsp3) is 0.900. The average Bonchev–Trinajstić information content (AvgIpc) is 2.11. The van der Waals surface area contributed by atoms with Crippen LogP contribution in [-0.2, 0) is 0 Å². The molecule has 0 saturated carbocycles. The molecule has 1 amide bonds. The molecule has 0 aliphatic rings. The summed E-state index contributed by atoms with van der Waals surface area (Å²) in [5.41, 5.74) is 0. The smallest absolute Gasteiger partial charge is 0.407 e. The minimum absolute atomic E-state index is 0.198. The Morgan fingerprint density at radius 2 is 2.00 bits per heavy atom. The molecule has 0 radical (unpaired) electrons. The lowest BCUT2D eigenvalue weighted by Crippen LogP contribution is -2.35. The summed E-state index contributed by atoms with van der Waals surface area (Å²) in [5.74, 6) is 0. The van der Waals surface area contributed by atoms with Crippen LogP contribution < -0.4 is 0 Å². The van der Waals surface area contributed by atoms with Crippen LogP contribution in [0.25, 0.3) is 0 Å². The first kappa shape index (κ1) is 12.3. The van der Waals surface area contributed by atoms with Gasteiger partial charge in [-0.2, -0.15) is 0 Å². The van der Waals surface area contributed by atoms with Gasteiger partial charge < -0.3 is 10.0 Å². The molecule has 0 aromatic rings. The Hall–Kier alpha value is -0.730. The number of carbonyl (C=O) groups is 1. The molecule has 0 spiro atoms. The summed E-state index contributed by atoms with van der Waals surface area (Å²) in [6.45, 7) is 4.19. The van der Waals surface area contributed by atoms with Gasteiger partial charge in [0, 0.05) is 13.1 Å². The zero-order chi connectivity index (χ0) is 10.3. The summed E-state index contributed by atoms with van der Waals surface area (Å²) >= 11 is 0. The summed E-state index contributed by atoms with van der Waals surface area (Å²) in [5, 5.41) is 8.77. The van der Waals surface area contributed by atoms with Gasteiger partial charge in [-0.15, -0.1) is 0 Å². The van der Waals surface area contributed by atoms with Crippen LogP contribution in [0.15, 0.2) is 0 Å². The van der Waals surface area contributed by atoms with Crippen molar-refractivity contribution in [2.24, 2.45) is 0 Å². The van der Waals surface area contributed by atoms with Crippen LogP contribution >= 0.6 is 0 Å². The molecule has 1 atom stereocenters. The molecule has 0 aromatic heterocycles. The number of unbranched alkanes of at least 4 members (excludes halogenated alkanes) is 2. The monoisotopic (exact) mass is 187 g/mol. The minimum Gasteiger partial charge on any atom is -0.465 e. The van der Waals surface area contributed by atoms with Crippen LogP contribution in [0.3, 0.4) is 0 Å². The van der Waals surface area contributed by atoms with Gasteiger partial charge in [0.2, 0.25) is 0 Å². The van der Waals surface area contributed by atoms with Crippen LogP contribution in [-0.4, -0.2) is 29.2 Å². The Morgan fingerprint density at radius 1 is 1.38 bits per heavy atom. The molecule has 1 N–H and O–H groups in total. The lowest BCUT2D eigenvalue weighted by atomic mass is 10.1. The fourth-order valence-electron chi connectivity index (χ4n) is 1.46. The molecule has 13 heavy (non-hydrogen) atoms. The van der Waals surface area contributed by atoms with Crippen LogP contribution in [0, 0.1) is 0 Å². The molecule has 78 valence electrons. The number of hydrogen-bond donors (Lipinski definition) is 1. The number of carboxylic acid groups (broad SMARTS) is 1. The van der Waals surface area contributed by atoms with Crippen molar-refractivity contribution >= 4 is 6.09 Å². The van der Waals surface area contributed by atoms with E-state index in [1.54, 1.807) is 7.05 Å². The van der Waals surface area contributed by atoms with Gasteiger partial charge in [-0.3, -0.25) is 0 Å². The van der Waals surface area contributed by atoms with E-state index in [-0.39, 0.29) is 6.04 Å². The molecular weight excluding hydrogens is 166 g/mol. The predicted molar refractivity (Wildman–Crippen MR) is 54.0 cm³/mol. The van der Waals surface area contributed by atoms with Gasteiger partial charge in [0.05, 0.1) is 0 Å². The summed E-state index contributed by atoms with van der Waals surface area (Å²) < 4.78 is 0. The lowest BCUT2D eigenvalue weighted by molar-refractivity contribution is 0.133. The van der Waals surface area contributed by atoms with Crippen molar-refractivity contribution in [3.8, 4) is 0 Å². The topological polar surface area (TPSA) is 40.5 Å². The van der Waals surface area contributed by atoms with Gasteiger partial charge in [0.25, 0.3) is 0 Å². The maximum atomic E-state index is 10.7. The third-order valence-electron chi connectivity index (χ3n) is 2.46. The van der Waals surface area contributed by atoms with Crippen molar-refractivity contribution in [3.05, 3.63) is 0 Å². The van der Waals surface area contributed by atoms with Crippen molar-refractivity contribution in [2.75, 3.05) is 7.05 Å². The second-order valence-corrected chi connectivity index (χ2v) is 3.45. The Labute approximate surface area is 80.7 Å². The van der Waals surface area contributed by atoms with Gasteiger partial charge in [0.1, 0.15) is 0 Å². The molecule has 3 heteroatoms. The Kier molecular flexibility index (Phi) is 6.37. The zero-order valence-corrected chi connectivity index (χ0v) is 8.92. The Bertz CT molecular complexity index is 148. The first-order chi connectivity index (χ1) is 6.13. The van der Waals surface area contributed by atoms with Crippen LogP contribution in [0.4, 0.5) is 4.79 Å². The van der Waals surface area contributed by atoms with Gasteiger partial charge >= 0.3 is 6.09 Å². The van der Waals surface area contributed by atoms with E-state index >= 15 is 0 Å². The highest BCUT2D eigenvalue weighted by Gasteiger charge is 2.16. The molecular formula is C10H21NO2. The normalized spacial score (nSPS) is 12.5. The first-order valence-corrected chi connectivity index (χ1v) is 5.09. The van der Waals surface area contributed by atoms with E-state index in [0.717, 1.165) is 19.3 Å². The third kappa shape index (κ3) is 4.76. The summed E-state index contributed by atoms with van der Waals surface area (Å²) in [4.78, 5) is 12.1. The highest BCUT2D eigenvalue weighted by Crippen LogP contribution is 2.11. The largest absolute Gasteiger partial charge is 0.465 e. The summed E-state index contributed by atoms with van der Waals surface area (Å²) in [7, 11) is 1.66. The zero-order valence-electron chi connectivity index (χ0n) is 8.92. The third-order valence-corrected chi connectivity index (χ3v) is 2.46.